The van der Waals surface area contributed by atoms with Crippen LogP contribution in [0.4, 0.5) is 0 Å². The highest BCUT2D eigenvalue weighted by molar-refractivity contribution is 9.10. The van der Waals surface area contributed by atoms with Gasteiger partial charge < -0.3 is 4.74 Å². The van der Waals surface area contributed by atoms with Crippen molar-refractivity contribution in [3.05, 3.63) is 63.6 Å². The topological polar surface area (TPSA) is 79.5 Å². The second-order valence-electron chi connectivity index (χ2n) is 6.88. The lowest BCUT2D eigenvalue weighted by atomic mass is 10.1. The van der Waals surface area contributed by atoms with E-state index < -0.39 is 0 Å². The maximum Gasteiger partial charge on any atom is 0.269 e. The Kier molecular flexibility index (Phi) is 8.60. The molecule has 6 nitrogen and oxygen atoms in total. The van der Waals surface area contributed by atoms with Crippen LogP contribution in [0.5, 0.6) is 5.75 Å². The Morgan fingerprint density at radius 1 is 1.03 bits per heavy atom. The van der Waals surface area contributed by atoms with Crippen LogP contribution in [0.3, 0.4) is 0 Å². The third-order valence-electron chi connectivity index (χ3n) is 4.03. The first kappa shape index (κ1) is 22.8. The molecule has 0 radical (unpaired) electrons. The number of rotatable bonds is 6. The number of hydrogen-bond donors (Lipinski definition) is 3. The summed E-state index contributed by atoms with van der Waals surface area (Å²) in [6.07, 6.45) is 0.967. The number of thiocarbonyl (C=S) groups is 1. The third-order valence-corrected chi connectivity index (χ3v) is 5.09. The summed E-state index contributed by atoms with van der Waals surface area (Å²) in [5, 5.41) is 2.51. The molecule has 0 aromatic heterocycles. The smallest absolute Gasteiger partial charge is 0.269 e. The molecule has 0 fully saturated rings. The van der Waals surface area contributed by atoms with Gasteiger partial charge in [0.05, 0.1) is 6.61 Å². The Morgan fingerprint density at radius 2 is 1.69 bits per heavy atom. The summed E-state index contributed by atoms with van der Waals surface area (Å²) >= 11 is 8.44. The number of carbonyl (C=O) groups excluding carboxylic acids is 2. The summed E-state index contributed by atoms with van der Waals surface area (Å²) in [5.74, 6) is 0.527. The van der Waals surface area contributed by atoms with Gasteiger partial charge in [0.2, 0.25) is 0 Å². The van der Waals surface area contributed by atoms with Gasteiger partial charge >= 0.3 is 0 Å². The zero-order chi connectivity index (χ0) is 21.4. The van der Waals surface area contributed by atoms with E-state index in [0.717, 1.165) is 16.5 Å². The normalized spacial score (nSPS) is 10.4. The summed E-state index contributed by atoms with van der Waals surface area (Å²) < 4.78 is 6.46. The number of halogens is 1. The second-order valence-corrected chi connectivity index (χ2v) is 8.14. The standard InChI is InChI=1S/C21H24BrN3O3S/c1-13(2)10-11-28-17-8-6-15(7-9-17)20(27)24-25-21(29)23-19(26)16-5-4-14(3)18(22)12-16/h4-9,12-13H,10-11H2,1-3H3,(H,24,27)(H2,23,25,26,29). The van der Waals surface area contributed by atoms with E-state index >= 15 is 0 Å². The molecule has 0 bridgehead atoms. The third kappa shape index (κ3) is 7.47. The number of hydrogen-bond acceptors (Lipinski definition) is 4. The van der Waals surface area contributed by atoms with Gasteiger partial charge in [0.15, 0.2) is 5.11 Å². The fourth-order valence-electron chi connectivity index (χ4n) is 2.24. The molecule has 0 heterocycles. The van der Waals surface area contributed by atoms with Gasteiger partial charge in [-0.3, -0.25) is 25.8 Å². The first-order valence-corrected chi connectivity index (χ1v) is 10.4. The molecule has 29 heavy (non-hydrogen) atoms. The van der Waals surface area contributed by atoms with Crippen LogP contribution in [-0.2, 0) is 0 Å². The van der Waals surface area contributed by atoms with Crippen molar-refractivity contribution in [3.8, 4) is 5.75 Å². The fraction of sp³-hybridized carbons (Fsp3) is 0.286. The van der Waals surface area contributed by atoms with Gasteiger partial charge in [-0.05, 0) is 73.4 Å². The number of nitrogens with one attached hydrogen (secondary N) is 3. The van der Waals surface area contributed by atoms with Gasteiger partial charge in [-0.2, -0.15) is 0 Å². The van der Waals surface area contributed by atoms with Gasteiger partial charge in [-0.15, -0.1) is 0 Å². The van der Waals surface area contributed by atoms with Crippen molar-refractivity contribution in [1.82, 2.24) is 16.2 Å². The minimum Gasteiger partial charge on any atom is -0.494 e. The molecule has 2 amide bonds. The van der Waals surface area contributed by atoms with Crippen molar-refractivity contribution < 1.29 is 14.3 Å². The molecule has 8 heteroatoms. The molecule has 2 aromatic carbocycles. The molecule has 154 valence electrons. The van der Waals surface area contributed by atoms with Crippen molar-refractivity contribution >= 4 is 45.1 Å². The van der Waals surface area contributed by atoms with Crippen molar-refractivity contribution in [3.63, 3.8) is 0 Å². The summed E-state index contributed by atoms with van der Waals surface area (Å²) in [7, 11) is 0. The van der Waals surface area contributed by atoms with E-state index in [1.165, 1.54) is 0 Å². The molecule has 2 rings (SSSR count). The summed E-state index contributed by atoms with van der Waals surface area (Å²) in [6.45, 7) is 6.83. The van der Waals surface area contributed by atoms with E-state index in [9.17, 15) is 9.59 Å². The van der Waals surface area contributed by atoms with E-state index in [-0.39, 0.29) is 16.9 Å². The van der Waals surface area contributed by atoms with E-state index in [4.69, 9.17) is 17.0 Å². The Balaban J connectivity index is 1.81. The lowest BCUT2D eigenvalue weighted by Crippen LogP contribution is -2.48. The molecule has 0 aliphatic heterocycles. The molecule has 3 N–H and O–H groups in total. The molecule has 0 aliphatic carbocycles. The minimum atomic E-state index is -0.381. The lowest BCUT2D eigenvalue weighted by molar-refractivity contribution is 0.0934. The van der Waals surface area contributed by atoms with E-state index in [1.54, 1.807) is 36.4 Å². The summed E-state index contributed by atoms with van der Waals surface area (Å²) in [5.41, 5.74) is 6.89. The number of benzene rings is 2. The first-order valence-electron chi connectivity index (χ1n) is 9.17. The van der Waals surface area contributed by atoms with Crippen LogP contribution in [0.25, 0.3) is 0 Å². The van der Waals surface area contributed by atoms with Crippen LogP contribution >= 0.6 is 28.1 Å². The number of carbonyl (C=O) groups is 2. The predicted octanol–water partition coefficient (Wildman–Crippen LogP) is 4.13. The number of hydrazine groups is 1. The summed E-state index contributed by atoms with van der Waals surface area (Å²) in [6, 6.07) is 12.0. The Morgan fingerprint density at radius 3 is 2.31 bits per heavy atom. The van der Waals surface area contributed by atoms with Crippen molar-refractivity contribution in [2.24, 2.45) is 5.92 Å². The van der Waals surface area contributed by atoms with Crippen LogP contribution in [0.1, 0.15) is 46.5 Å². The quantitative estimate of drug-likeness (QED) is 0.430. The second kappa shape index (κ2) is 10.9. The molecule has 0 saturated carbocycles. The molecule has 0 spiro atoms. The van der Waals surface area contributed by atoms with E-state index in [1.807, 2.05) is 13.0 Å². The highest BCUT2D eigenvalue weighted by atomic mass is 79.9. The molecule has 0 unspecified atom stereocenters. The molecule has 0 aliphatic rings. The summed E-state index contributed by atoms with van der Waals surface area (Å²) in [4.78, 5) is 24.4. The van der Waals surface area contributed by atoms with Gasteiger partial charge in [0.25, 0.3) is 11.8 Å². The lowest BCUT2D eigenvalue weighted by Gasteiger charge is -2.12. The predicted molar refractivity (Wildman–Crippen MR) is 121 cm³/mol. The average Bonchev–Trinajstić information content (AvgIpc) is 2.68. The highest BCUT2D eigenvalue weighted by Crippen LogP contribution is 2.17. The van der Waals surface area contributed by atoms with E-state index in [0.29, 0.717) is 29.4 Å². The zero-order valence-corrected chi connectivity index (χ0v) is 18.9. The molecule has 2 aromatic rings. The van der Waals surface area contributed by atoms with Crippen LogP contribution in [0.2, 0.25) is 0 Å². The van der Waals surface area contributed by atoms with Gasteiger partial charge in [0, 0.05) is 15.6 Å². The molecule has 0 atom stereocenters. The van der Waals surface area contributed by atoms with Crippen molar-refractivity contribution in [1.29, 1.82) is 0 Å². The van der Waals surface area contributed by atoms with Gasteiger partial charge in [-0.25, -0.2) is 0 Å². The number of amides is 2. The van der Waals surface area contributed by atoms with Gasteiger partial charge in [-0.1, -0.05) is 35.8 Å². The molecular weight excluding hydrogens is 454 g/mol. The Bertz CT molecular complexity index is 885. The number of aryl methyl sites for hydroxylation is 1. The Labute approximate surface area is 184 Å². The zero-order valence-electron chi connectivity index (χ0n) is 16.5. The van der Waals surface area contributed by atoms with Crippen molar-refractivity contribution in [2.45, 2.75) is 27.2 Å². The van der Waals surface area contributed by atoms with Crippen LogP contribution in [0, 0.1) is 12.8 Å². The maximum absolute atomic E-state index is 12.2. The first-order chi connectivity index (χ1) is 13.8. The molecule has 0 saturated heterocycles. The van der Waals surface area contributed by atoms with E-state index in [2.05, 4.69) is 45.9 Å². The van der Waals surface area contributed by atoms with Gasteiger partial charge in [0.1, 0.15) is 5.75 Å². The average molecular weight is 478 g/mol. The van der Waals surface area contributed by atoms with Crippen LogP contribution < -0.4 is 20.9 Å². The van der Waals surface area contributed by atoms with Crippen LogP contribution in [0.15, 0.2) is 46.9 Å². The van der Waals surface area contributed by atoms with Crippen LogP contribution in [-0.4, -0.2) is 23.5 Å². The SMILES string of the molecule is Cc1ccc(C(=O)NC(=S)NNC(=O)c2ccc(OCCC(C)C)cc2)cc1Br. The minimum absolute atomic E-state index is 0.00585. The largest absolute Gasteiger partial charge is 0.494 e. The molecular formula is C21H24BrN3O3S. The Hall–Kier alpha value is -2.45. The van der Waals surface area contributed by atoms with Crippen molar-refractivity contribution in [2.75, 3.05) is 6.61 Å². The monoisotopic (exact) mass is 477 g/mol. The fourth-order valence-corrected chi connectivity index (χ4v) is 2.76. The maximum atomic E-state index is 12.2. The number of ether oxygens (including phenoxy) is 1. The highest BCUT2D eigenvalue weighted by Gasteiger charge is 2.11.